The smallest absolute Gasteiger partial charge is 0.306 e. The maximum absolute atomic E-state index is 11.9. The monoisotopic (exact) mass is 303 g/mol. The van der Waals surface area contributed by atoms with Crippen LogP contribution < -0.4 is 5.32 Å². The van der Waals surface area contributed by atoms with Crippen LogP contribution in [0.4, 0.5) is 0 Å². The van der Waals surface area contributed by atoms with E-state index in [-0.39, 0.29) is 17.3 Å². The number of hydrogen-bond donors (Lipinski definition) is 1. The molecule has 21 heavy (non-hydrogen) atoms. The fourth-order valence-electron chi connectivity index (χ4n) is 2.20. The Morgan fingerprint density at radius 1 is 1.00 bits per heavy atom. The van der Waals surface area contributed by atoms with E-state index >= 15 is 0 Å². The quantitative estimate of drug-likeness (QED) is 0.749. The van der Waals surface area contributed by atoms with E-state index in [2.05, 4.69) is 10.1 Å². The van der Waals surface area contributed by atoms with Crippen LogP contribution in [0.15, 0.2) is 0 Å². The highest BCUT2D eigenvalue weighted by molar-refractivity contribution is 5.81. The summed E-state index contributed by atoms with van der Waals surface area (Å²) in [6.07, 6.45) is 0.966. The van der Waals surface area contributed by atoms with Gasteiger partial charge in [-0.1, -0.05) is 55.4 Å². The van der Waals surface area contributed by atoms with Gasteiger partial charge in [-0.25, -0.2) is 0 Å². The lowest BCUT2D eigenvalue weighted by molar-refractivity contribution is -0.144. The topological polar surface area (TPSA) is 55.4 Å². The van der Waals surface area contributed by atoms with Gasteiger partial charge in [0.25, 0.3) is 0 Å². The molecule has 0 fully saturated rings. The number of carbonyl (C=O) groups excluding carboxylic acids is 2. The predicted octanol–water partition coefficient (Wildman–Crippen LogP) is 4.18. The summed E-state index contributed by atoms with van der Waals surface area (Å²) in [4.78, 5) is 23.2. The van der Waals surface area contributed by atoms with Crippen LogP contribution in [0.2, 0.25) is 0 Å². The molecule has 1 N–H and O–H groups in total. The lowest BCUT2D eigenvalue weighted by Crippen LogP contribution is -2.40. The third kappa shape index (κ3) is 12.4. The Kier molecular flexibility index (Phi) is 15.0. The number of carbonyl (C=O) groups is 2. The summed E-state index contributed by atoms with van der Waals surface area (Å²) in [6, 6.07) is 0. The highest BCUT2D eigenvalue weighted by atomic mass is 16.5. The second kappa shape index (κ2) is 12.7. The summed E-state index contributed by atoms with van der Waals surface area (Å²) < 4.78 is 4.67. The summed E-state index contributed by atoms with van der Waals surface area (Å²) in [6.45, 7) is 18.3. The summed E-state index contributed by atoms with van der Waals surface area (Å²) in [7, 11) is 1.38. The molecule has 0 saturated carbocycles. The highest BCUT2D eigenvalue weighted by Gasteiger charge is 2.35. The maximum atomic E-state index is 11.9. The number of esters is 1. The molecule has 0 aromatic rings. The Morgan fingerprint density at radius 3 is 1.76 bits per heavy atom. The Balaban J connectivity index is -0.000000739. The molecule has 0 saturated heterocycles. The van der Waals surface area contributed by atoms with Gasteiger partial charge in [0, 0.05) is 12.0 Å². The normalized spacial score (nSPS) is 10.4. The molecule has 0 bridgehead atoms. The average molecular weight is 303 g/mol. The van der Waals surface area contributed by atoms with Gasteiger partial charge in [-0.2, -0.15) is 0 Å². The van der Waals surface area contributed by atoms with Crippen molar-refractivity contribution in [3.63, 3.8) is 0 Å². The van der Waals surface area contributed by atoms with Gasteiger partial charge < -0.3 is 10.1 Å². The minimum atomic E-state index is -0.479. The second-order valence-electron chi connectivity index (χ2n) is 5.84. The van der Waals surface area contributed by atoms with Gasteiger partial charge in [-0.15, -0.1) is 0 Å². The van der Waals surface area contributed by atoms with E-state index in [4.69, 9.17) is 0 Å². The van der Waals surface area contributed by atoms with E-state index < -0.39 is 5.41 Å². The minimum absolute atomic E-state index is 0.0259. The van der Waals surface area contributed by atoms with Gasteiger partial charge in [0.05, 0.1) is 13.5 Å². The molecule has 0 aliphatic rings. The number of rotatable bonds is 6. The zero-order valence-corrected chi connectivity index (χ0v) is 15.8. The van der Waals surface area contributed by atoms with Crippen molar-refractivity contribution in [1.82, 2.24) is 5.32 Å². The largest absolute Gasteiger partial charge is 0.469 e. The van der Waals surface area contributed by atoms with Crippen LogP contribution in [0.5, 0.6) is 0 Å². The van der Waals surface area contributed by atoms with E-state index in [1.54, 1.807) is 0 Å². The van der Waals surface area contributed by atoms with Crippen molar-refractivity contribution in [2.75, 3.05) is 13.7 Å². The van der Waals surface area contributed by atoms with Crippen molar-refractivity contribution in [2.24, 2.45) is 10.8 Å². The summed E-state index contributed by atoms with van der Waals surface area (Å²) in [5.41, 5.74) is -0.727. The third-order valence-electron chi connectivity index (χ3n) is 2.72. The standard InChI is InChI=1S/C13H25NO3.2C2H6/c1-7-14-11(16)13(4,5)9-12(2,3)8-10(15)17-6;2*1-2/h7-9H2,1-6H3,(H,14,16);2*1-2H3. The zero-order chi connectivity index (χ0) is 17.7. The lowest BCUT2D eigenvalue weighted by Gasteiger charge is -2.33. The highest BCUT2D eigenvalue weighted by Crippen LogP contribution is 2.36. The molecule has 0 spiro atoms. The fourth-order valence-corrected chi connectivity index (χ4v) is 2.20. The SMILES string of the molecule is CC.CC.CCNC(=O)C(C)(C)CC(C)(C)CC(=O)OC. The van der Waals surface area contributed by atoms with Crippen molar-refractivity contribution in [1.29, 1.82) is 0 Å². The van der Waals surface area contributed by atoms with Crippen molar-refractivity contribution in [3.05, 3.63) is 0 Å². The van der Waals surface area contributed by atoms with Gasteiger partial charge in [0.15, 0.2) is 0 Å². The van der Waals surface area contributed by atoms with Crippen molar-refractivity contribution < 1.29 is 14.3 Å². The Hall–Kier alpha value is -1.06. The molecule has 0 radical (unpaired) electrons. The third-order valence-corrected chi connectivity index (χ3v) is 2.72. The van der Waals surface area contributed by atoms with Gasteiger partial charge in [-0.3, -0.25) is 9.59 Å². The lowest BCUT2D eigenvalue weighted by atomic mass is 9.73. The number of hydrogen-bond acceptors (Lipinski definition) is 3. The van der Waals surface area contributed by atoms with Crippen LogP contribution in [-0.2, 0) is 14.3 Å². The Bertz CT molecular complexity index is 284. The van der Waals surface area contributed by atoms with Crippen molar-refractivity contribution >= 4 is 11.9 Å². The van der Waals surface area contributed by atoms with E-state index in [0.29, 0.717) is 19.4 Å². The number of amides is 1. The summed E-state index contributed by atoms with van der Waals surface area (Å²) in [5, 5.41) is 2.82. The van der Waals surface area contributed by atoms with E-state index in [9.17, 15) is 9.59 Å². The average Bonchev–Trinajstić information content (AvgIpc) is 2.41. The molecule has 4 nitrogen and oxygen atoms in total. The van der Waals surface area contributed by atoms with Crippen LogP contribution in [0.25, 0.3) is 0 Å². The molecule has 0 unspecified atom stereocenters. The summed E-state index contributed by atoms with van der Waals surface area (Å²) in [5.74, 6) is -0.209. The Labute approximate surface area is 132 Å². The first-order chi connectivity index (χ1) is 9.64. The van der Waals surface area contributed by atoms with Gasteiger partial charge in [-0.05, 0) is 18.8 Å². The molecule has 0 aliphatic heterocycles. The first-order valence-electron chi connectivity index (χ1n) is 8.00. The molecule has 0 aliphatic carbocycles. The second-order valence-corrected chi connectivity index (χ2v) is 5.84. The van der Waals surface area contributed by atoms with E-state index in [0.717, 1.165) is 0 Å². The van der Waals surface area contributed by atoms with Gasteiger partial charge in [0.2, 0.25) is 5.91 Å². The number of methoxy groups -OCH3 is 1. The van der Waals surface area contributed by atoms with Gasteiger partial charge in [0.1, 0.15) is 0 Å². The zero-order valence-electron chi connectivity index (χ0n) is 15.8. The van der Waals surface area contributed by atoms with Crippen LogP contribution in [-0.4, -0.2) is 25.5 Å². The molecule has 0 aromatic carbocycles. The number of nitrogens with one attached hydrogen (secondary N) is 1. The molecule has 0 heterocycles. The molecule has 4 heteroatoms. The fraction of sp³-hybridized carbons (Fsp3) is 0.882. The van der Waals surface area contributed by atoms with Crippen LogP contribution in [0.1, 0.15) is 75.2 Å². The molecule has 0 aromatic heterocycles. The Morgan fingerprint density at radius 2 is 1.43 bits per heavy atom. The molecule has 0 atom stereocenters. The number of ether oxygens (including phenoxy) is 1. The molecule has 128 valence electrons. The van der Waals surface area contributed by atoms with Crippen LogP contribution >= 0.6 is 0 Å². The molecular formula is C17H37NO3. The maximum Gasteiger partial charge on any atom is 0.306 e. The predicted molar refractivity (Wildman–Crippen MR) is 90.2 cm³/mol. The van der Waals surface area contributed by atoms with Gasteiger partial charge >= 0.3 is 5.97 Å². The van der Waals surface area contributed by atoms with Crippen LogP contribution in [0.3, 0.4) is 0 Å². The van der Waals surface area contributed by atoms with E-state index in [1.165, 1.54) is 7.11 Å². The van der Waals surface area contributed by atoms with E-state index in [1.807, 2.05) is 62.3 Å². The first-order valence-corrected chi connectivity index (χ1v) is 8.00. The molecular weight excluding hydrogens is 266 g/mol. The molecule has 1 amide bonds. The van der Waals surface area contributed by atoms with Crippen LogP contribution in [0, 0.1) is 10.8 Å². The first kappa shape index (κ1) is 24.9. The minimum Gasteiger partial charge on any atom is -0.469 e. The summed E-state index contributed by atoms with van der Waals surface area (Å²) >= 11 is 0. The van der Waals surface area contributed by atoms with Crippen molar-refractivity contribution in [3.8, 4) is 0 Å². The molecule has 0 rings (SSSR count). The van der Waals surface area contributed by atoms with Crippen molar-refractivity contribution in [2.45, 2.75) is 75.2 Å².